The van der Waals surface area contributed by atoms with Gasteiger partial charge in [-0.25, -0.2) is 4.79 Å². The smallest absolute Gasteiger partial charge is 0.337 e. The largest absolute Gasteiger partial charge is 0.478 e. The molecule has 2 atom stereocenters. The van der Waals surface area contributed by atoms with Gasteiger partial charge in [-0.05, 0) is 62.4 Å². The lowest BCUT2D eigenvalue weighted by atomic mass is 9.94. The third-order valence-corrected chi connectivity index (χ3v) is 5.80. The second-order valence-electron chi connectivity index (χ2n) is 6.34. The second kappa shape index (κ2) is 6.88. The number of hydrogen-bond acceptors (Lipinski definition) is 4. The molecule has 2 N–H and O–H groups in total. The molecule has 1 aliphatic heterocycles. The number of carboxylic acids is 1. The molecule has 0 unspecified atom stereocenters. The minimum absolute atomic E-state index is 0.0707. The molecule has 6 heteroatoms. The number of rotatable bonds is 4. The first-order chi connectivity index (χ1) is 11.9. The molecule has 0 spiro atoms. The van der Waals surface area contributed by atoms with Crippen molar-refractivity contribution in [1.82, 2.24) is 5.32 Å². The Morgan fingerprint density at radius 1 is 1.32 bits per heavy atom. The molecule has 0 saturated heterocycles. The number of nitrogens with zero attached hydrogens (tertiary/aromatic N) is 1. The van der Waals surface area contributed by atoms with Crippen molar-refractivity contribution in [2.75, 3.05) is 11.4 Å². The summed E-state index contributed by atoms with van der Waals surface area (Å²) in [7, 11) is 0. The molecule has 0 aliphatic carbocycles. The number of hydrogen-bond donors (Lipinski definition) is 2. The molecule has 2 heterocycles. The van der Waals surface area contributed by atoms with Crippen molar-refractivity contribution >= 4 is 28.9 Å². The number of amides is 1. The third-order valence-electron chi connectivity index (χ3n) is 4.67. The molecule has 0 bridgehead atoms. The number of nitrogens with one attached hydrogen (secondary N) is 1. The second-order valence-corrected chi connectivity index (χ2v) is 7.29. The van der Waals surface area contributed by atoms with Crippen molar-refractivity contribution in [2.24, 2.45) is 0 Å². The topological polar surface area (TPSA) is 69.6 Å². The van der Waals surface area contributed by atoms with Crippen LogP contribution >= 0.6 is 11.3 Å². The van der Waals surface area contributed by atoms with E-state index in [2.05, 4.69) is 35.5 Å². The van der Waals surface area contributed by atoms with Gasteiger partial charge >= 0.3 is 5.97 Å². The summed E-state index contributed by atoms with van der Waals surface area (Å²) in [5.74, 6) is -1.16. The average molecular weight is 358 g/mol. The summed E-state index contributed by atoms with van der Waals surface area (Å²) >= 11 is 1.70. The van der Waals surface area contributed by atoms with Crippen molar-refractivity contribution < 1.29 is 14.7 Å². The van der Waals surface area contributed by atoms with Gasteiger partial charge in [-0.1, -0.05) is 0 Å². The Labute approximate surface area is 151 Å². The molecule has 3 rings (SSSR count). The predicted molar refractivity (Wildman–Crippen MR) is 99.8 cm³/mol. The van der Waals surface area contributed by atoms with E-state index in [4.69, 9.17) is 0 Å². The van der Waals surface area contributed by atoms with E-state index in [0.717, 1.165) is 6.42 Å². The van der Waals surface area contributed by atoms with Crippen molar-refractivity contribution in [3.05, 3.63) is 51.2 Å². The van der Waals surface area contributed by atoms with Crippen LogP contribution in [0.3, 0.4) is 0 Å². The molecule has 25 heavy (non-hydrogen) atoms. The van der Waals surface area contributed by atoms with Crippen molar-refractivity contribution in [1.29, 1.82) is 0 Å². The van der Waals surface area contributed by atoms with Crippen LogP contribution in [0.2, 0.25) is 0 Å². The Balaban J connectivity index is 2.09. The molecule has 0 saturated carbocycles. The number of carbonyl (C=O) groups excluding carboxylic acids is 1. The van der Waals surface area contributed by atoms with Crippen LogP contribution in [0.1, 0.15) is 58.0 Å². The highest BCUT2D eigenvalue weighted by atomic mass is 32.1. The molecule has 5 nitrogen and oxygen atoms in total. The maximum atomic E-state index is 12.2. The Bertz CT molecular complexity index is 815. The van der Waals surface area contributed by atoms with Gasteiger partial charge in [-0.2, -0.15) is 0 Å². The number of thiophene rings is 1. The van der Waals surface area contributed by atoms with Crippen molar-refractivity contribution in [2.45, 2.75) is 39.3 Å². The van der Waals surface area contributed by atoms with E-state index in [1.54, 1.807) is 23.5 Å². The van der Waals surface area contributed by atoms with Crippen LogP contribution in [0, 0.1) is 0 Å². The van der Waals surface area contributed by atoms with E-state index in [-0.39, 0.29) is 23.6 Å². The van der Waals surface area contributed by atoms with E-state index in [0.29, 0.717) is 17.8 Å². The zero-order valence-electron chi connectivity index (χ0n) is 14.6. The molecular formula is C19H22N2O3S. The van der Waals surface area contributed by atoms with Gasteiger partial charge < -0.3 is 15.3 Å². The minimum Gasteiger partial charge on any atom is -0.478 e. The highest BCUT2D eigenvalue weighted by Gasteiger charge is 2.33. The summed E-state index contributed by atoms with van der Waals surface area (Å²) in [5.41, 5.74) is 2.65. The van der Waals surface area contributed by atoms with Crippen LogP contribution in [0.4, 0.5) is 5.69 Å². The monoisotopic (exact) mass is 358 g/mol. The van der Waals surface area contributed by atoms with Crippen molar-refractivity contribution in [3.8, 4) is 0 Å². The SMILES string of the molecule is CCNC(=O)c1ccc(C(=O)O)c(N2[C@H](C)Cc3ccsc3[C@@H]2C)c1. The number of aromatic carboxylic acids is 1. The van der Waals surface area contributed by atoms with Crippen LogP contribution < -0.4 is 10.2 Å². The van der Waals surface area contributed by atoms with Gasteiger partial charge in [0.15, 0.2) is 0 Å². The van der Waals surface area contributed by atoms with Crippen LogP contribution in [-0.2, 0) is 6.42 Å². The fourth-order valence-electron chi connectivity index (χ4n) is 3.58. The predicted octanol–water partition coefficient (Wildman–Crippen LogP) is 3.71. The van der Waals surface area contributed by atoms with Crippen molar-refractivity contribution in [3.63, 3.8) is 0 Å². The standard InChI is InChI=1S/C19H22N2O3S/c1-4-20-18(22)14-5-6-15(19(23)24)16(10-14)21-11(2)9-13-7-8-25-17(13)12(21)3/h5-8,10-12H,4,9H2,1-3H3,(H,20,22)(H,23,24)/t11-,12+/m1/s1. The van der Waals surface area contributed by atoms with E-state index in [1.165, 1.54) is 16.5 Å². The molecule has 1 aliphatic rings. The van der Waals surface area contributed by atoms with Crippen LogP contribution in [0.5, 0.6) is 0 Å². The number of benzene rings is 1. The zero-order valence-corrected chi connectivity index (χ0v) is 15.4. The first-order valence-electron chi connectivity index (χ1n) is 8.44. The molecule has 2 aromatic rings. The van der Waals surface area contributed by atoms with Gasteiger partial charge in [0.05, 0.1) is 17.3 Å². The number of carbonyl (C=O) groups is 2. The van der Waals surface area contributed by atoms with Gasteiger partial charge in [-0.3, -0.25) is 4.79 Å². The molecular weight excluding hydrogens is 336 g/mol. The summed E-state index contributed by atoms with van der Waals surface area (Å²) in [4.78, 5) is 27.4. The maximum Gasteiger partial charge on any atom is 0.337 e. The Morgan fingerprint density at radius 3 is 2.76 bits per heavy atom. The summed E-state index contributed by atoms with van der Waals surface area (Å²) in [5, 5.41) is 14.5. The lowest BCUT2D eigenvalue weighted by molar-refractivity contribution is 0.0696. The molecule has 1 aromatic carbocycles. The van der Waals surface area contributed by atoms with E-state index >= 15 is 0 Å². The van der Waals surface area contributed by atoms with Crippen LogP contribution in [0.25, 0.3) is 0 Å². The summed E-state index contributed by atoms with van der Waals surface area (Å²) in [6.07, 6.45) is 0.869. The van der Waals surface area contributed by atoms with Gasteiger partial charge in [0.2, 0.25) is 0 Å². The average Bonchev–Trinajstić information content (AvgIpc) is 3.03. The van der Waals surface area contributed by atoms with Gasteiger partial charge in [0.1, 0.15) is 0 Å². The molecule has 132 valence electrons. The highest BCUT2D eigenvalue weighted by Crippen LogP contribution is 2.40. The Hall–Kier alpha value is -2.34. The summed E-state index contributed by atoms with van der Waals surface area (Å²) in [6.45, 7) is 6.58. The highest BCUT2D eigenvalue weighted by molar-refractivity contribution is 7.10. The Kier molecular flexibility index (Phi) is 4.81. The van der Waals surface area contributed by atoms with E-state index in [1.807, 2.05) is 6.92 Å². The molecule has 0 fully saturated rings. The van der Waals surface area contributed by atoms with Gasteiger partial charge in [0.25, 0.3) is 5.91 Å². The quantitative estimate of drug-likeness (QED) is 0.874. The zero-order chi connectivity index (χ0) is 18.1. The van der Waals surface area contributed by atoms with E-state index < -0.39 is 5.97 Å². The minimum atomic E-state index is -0.978. The Morgan fingerprint density at radius 2 is 2.08 bits per heavy atom. The molecule has 1 amide bonds. The maximum absolute atomic E-state index is 12.2. The first kappa shape index (κ1) is 17.5. The fraction of sp³-hybridized carbons (Fsp3) is 0.368. The molecule has 0 radical (unpaired) electrons. The number of fused-ring (bicyclic) bond motifs is 1. The summed E-state index contributed by atoms with van der Waals surface area (Å²) in [6, 6.07) is 7.19. The summed E-state index contributed by atoms with van der Waals surface area (Å²) < 4.78 is 0. The fourth-order valence-corrected chi connectivity index (χ4v) is 4.58. The number of carboxylic acid groups (broad SMARTS) is 1. The van der Waals surface area contributed by atoms with Crippen LogP contribution in [0.15, 0.2) is 29.6 Å². The van der Waals surface area contributed by atoms with Gasteiger partial charge in [0, 0.05) is 23.0 Å². The first-order valence-corrected chi connectivity index (χ1v) is 9.32. The third kappa shape index (κ3) is 3.14. The lowest BCUT2D eigenvalue weighted by Gasteiger charge is -2.41. The van der Waals surface area contributed by atoms with Crippen LogP contribution in [-0.4, -0.2) is 29.6 Å². The van der Waals surface area contributed by atoms with E-state index in [9.17, 15) is 14.7 Å². The lowest BCUT2D eigenvalue weighted by Crippen LogP contribution is -2.41. The van der Waals surface area contributed by atoms with Gasteiger partial charge in [-0.15, -0.1) is 11.3 Å². The molecule has 1 aromatic heterocycles. The normalized spacial score (nSPS) is 19.4. The number of anilines is 1.